The molecule has 2 unspecified atom stereocenters. The molecule has 1 saturated heterocycles. The van der Waals surface area contributed by atoms with E-state index in [1.807, 2.05) is 4.68 Å². The number of nitrogens with one attached hydrogen (secondary N) is 2. The molecule has 7 nitrogen and oxygen atoms in total. The first-order valence-electron chi connectivity index (χ1n) is 7.84. The van der Waals surface area contributed by atoms with Crippen LogP contribution in [0.15, 0.2) is 6.20 Å². The average Bonchev–Trinajstić information content (AvgIpc) is 2.98. The topological polar surface area (TPSA) is 92.1 Å². The van der Waals surface area contributed by atoms with E-state index >= 15 is 0 Å². The molecule has 21 heavy (non-hydrogen) atoms. The summed E-state index contributed by atoms with van der Waals surface area (Å²) in [7, 11) is 0. The van der Waals surface area contributed by atoms with Crippen molar-refractivity contribution in [3.05, 3.63) is 11.9 Å². The van der Waals surface area contributed by atoms with Gasteiger partial charge in [-0.1, -0.05) is 5.21 Å². The van der Waals surface area contributed by atoms with Crippen LogP contribution in [-0.2, 0) is 0 Å². The van der Waals surface area contributed by atoms with E-state index in [2.05, 4.69) is 20.9 Å². The van der Waals surface area contributed by atoms with E-state index in [9.17, 15) is 9.90 Å². The summed E-state index contributed by atoms with van der Waals surface area (Å²) in [6, 6.07) is 0.377. The summed E-state index contributed by atoms with van der Waals surface area (Å²) in [5, 5.41) is 24.0. The van der Waals surface area contributed by atoms with Gasteiger partial charge in [0, 0.05) is 6.04 Å². The van der Waals surface area contributed by atoms with Gasteiger partial charge in [-0.25, -0.2) is 4.68 Å². The van der Waals surface area contributed by atoms with Gasteiger partial charge in [0.15, 0.2) is 5.69 Å². The van der Waals surface area contributed by atoms with Crippen LogP contribution in [0.2, 0.25) is 0 Å². The zero-order chi connectivity index (χ0) is 14.7. The molecule has 1 aromatic rings. The van der Waals surface area contributed by atoms with Gasteiger partial charge in [0.1, 0.15) is 0 Å². The van der Waals surface area contributed by atoms with Gasteiger partial charge in [0.25, 0.3) is 5.91 Å². The van der Waals surface area contributed by atoms with Crippen LogP contribution >= 0.6 is 0 Å². The van der Waals surface area contributed by atoms with E-state index in [4.69, 9.17) is 0 Å². The molecule has 0 aromatic carbocycles. The number of hydrogen-bond acceptors (Lipinski definition) is 5. The molecule has 7 heteroatoms. The highest BCUT2D eigenvalue weighted by Gasteiger charge is 2.24. The van der Waals surface area contributed by atoms with Gasteiger partial charge in [0.2, 0.25) is 0 Å². The highest BCUT2D eigenvalue weighted by Crippen LogP contribution is 2.19. The number of amides is 1. The van der Waals surface area contributed by atoms with Gasteiger partial charge in [-0.2, -0.15) is 0 Å². The summed E-state index contributed by atoms with van der Waals surface area (Å²) >= 11 is 0. The zero-order valence-corrected chi connectivity index (χ0v) is 12.2. The molecule has 2 atom stereocenters. The Labute approximate surface area is 124 Å². The molecule has 2 fully saturated rings. The summed E-state index contributed by atoms with van der Waals surface area (Å²) in [5.41, 5.74) is 0.369. The predicted molar refractivity (Wildman–Crippen MR) is 76.9 cm³/mol. The number of hydrogen-bond donors (Lipinski definition) is 3. The van der Waals surface area contributed by atoms with Crippen LogP contribution in [0.4, 0.5) is 0 Å². The van der Waals surface area contributed by atoms with E-state index < -0.39 is 0 Å². The number of carbonyl (C=O) groups is 1. The van der Waals surface area contributed by atoms with Crippen LogP contribution in [0.25, 0.3) is 0 Å². The average molecular weight is 293 g/mol. The lowest BCUT2D eigenvalue weighted by molar-refractivity contribution is 0.0845. The Hall–Kier alpha value is -1.47. The van der Waals surface area contributed by atoms with Crippen LogP contribution in [0.5, 0.6) is 0 Å². The van der Waals surface area contributed by atoms with Crippen molar-refractivity contribution in [1.29, 1.82) is 0 Å². The minimum Gasteiger partial charge on any atom is -0.393 e. The first-order valence-corrected chi connectivity index (χ1v) is 7.84. The van der Waals surface area contributed by atoms with E-state index in [-0.39, 0.29) is 18.1 Å². The van der Waals surface area contributed by atoms with Crippen molar-refractivity contribution in [2.75, 3.05) is 13.1 Å². The van der Waals surface area contributed by atoms with Crippen molar-refractivity contribution in [2.45, 2.75) is 56.7 Å². The van der Waals surface area contributed by atoms with Gasteiger partial charge >= 0.3 is 0 Å². The van der Waals surface area contributed by atoms with Crippen LogP contribution in [0.1, 0.15) is 55.1 Å². The molecule has 1 amide bonds. The van der Waals surface area contributed by atoms with Gasteiger partial charge in [0.05, 0.1) is 18.3 Å². The lowest BCUT2D eigenvalue weighted by atomic mass is 9.93. The smallest absolute Gasteiger partial charge is 0.273 e. The Bertz CT molecular complexity index is 483. The number of rotatable bonds is 3. The molecule has 1 aliphatic heterocycles. The van der Waals surface area contributed by atoms with E-state index in [1.165, 1.54) is 0 Å². The molecule has 1 aromatic heterocycles. The fraction of sp³-hybridized carbons (Fsp3) is 0.786. The lowest BCUT2D eigenvalue weighted by Gasteiger charge is -2.26. The summed E-state index contributed by atoms with van der Waals surface area (Å²) in [6.45, 7) is 1.96. The van der Waals surface area contributed by atoms with Crippen LogP contribution in [0.3, 0.4) is 0 Å². The third kappa shape index (κ3) is 3.59. The maximum Gasteiger partial charge on any atom is 0.273 e. The van der Waals surface area contributed by atoms with Gasteiger partial charge in [-0.05, 0) is 51.6 Å². The third-order valence-electron chi connectivity index (χ3n) is 4.41. The largest absolute Gasteiger partial charge is 0.393 e. The van der Waals surface area contributed by atoms with Gasteiger partial charge < -0.3 is 15.7 Å². The second-order valence-corrected chi connectivity index (χ2v) is 6.06. The highest BCUT2D eigenvalue weighted by atomic mass is 16.3. The van der Waals surface area contributed by atoms with E-state index in [0.29, 0.717) is 18.2 Å². The second kappa shape index (κ2) is 6.53. The number of aliphatic hydroxyl groups excluding tert-OH is 1. The molecule has 3 rings (SSSR count). The Morgan fingerprint density at radius 3 is 2.90 bits per heavy atom. The number of carbonyl (C=O) groups excluding carboxylic acids is 1. The molecule has 1 saturated carbocycles. The first-order chi connectivity index (χ1) is 10.2. The Morgan fingerprint density at radius 1 is 1.33 bits per heavy atom. The van der Waals surface area contributed by atoms with Crippen molar-refractivity contribution < 1.29 is 9.90 Å². The molecule has 3 N–H and O–H groups in total. The maximum absolute atomic E-state index is 12.2. The van der Waals surface area contributed by atoms with Crippen molar-refractivity contribution in [3.63, 3.8) is 0 Å². The fourth-order valence-electron chi connectivity index (χ4n) is 3.18. The van der Waals surface area contributed by atoms with Crippen molar-refractivity contribution in [1.82, 2.24) is 25.6 Å². The zero-order valence-electron chi connectivity index (χ0n) is 12.2. The number of nitrogens with zero attached hydrogens (tertiary/aromatic N) is 3. The Morgan fingerprint density at radius 2 is 2.14 bits per heavy atom. The van der Waals surface area contributed by atoms with Crippen molar-refractivity contribution >= 4 is 5.91 Å². The minimum atomic E-state index is -0.297. The number of piperidine rings is 1. The molecule has 0 spiro atoms. The van der Waals surface area contributed by atoms with Gasteiger partial charge in [-0.3, -0.25) is 4.79 Å². The lowest BCUT2D eigenvalue weighted by Crippen LogP contribution is -2.39. The van der Waals surface area contributed by atoms with Crippen molar-refractivity contribution in [3.8, 4) is 0 Å². The minimum absolute atomic E-state index is 0.0466. The number of aromatic nitrogens is 3. The monoisotopic (exact) mass is 293 g/mol. The standard InChI is InChI=1S/C14H23N5O2/c20-12-3-1-2-10(8-12)16-14(21)13-9-19(18-17-13)11-4-6-15-7-5-11/h9-12,15,20H,1-8H2,(H,16,21). The summed E-state index contributed by atoms with van der Waals surface area (Å²) < 4.78 is 1.81. The molecule has 116 valence electrons. The normalized spacial score (nSPS) is 27.5. The summed E-state index contributed by atoms with van der Waals surface area (Å²) in [6.07, 6.45) is 6.81. The molecular formula is C14H23N5O2. The Balaban J connectivity index is 1.58. The van der Waals surface area contributed by atoms with Crippen molar-refractivity contribution in [2.24, 2.45) is 0 Å². The first kappa shape index (κ1) is 14.5. The molecule has 0 bridgehead atoms. The molecule has 1 aliphatic carbocycles. The van der Waals surface area contributed by atoms with Crippen LogP contribution in [-0.4, -0.2) is 51.2 Å². The van der Waals surface area contributed by atoms with Crippen LogP contribution in [0, 0.1) is 0 Å². The quantitative estimate of drug-likeness (QED) is 0.742. The van der Waals surface area contributed by atoms with E-state index in [0.717, 1.165) is 45.2 Å². The SMILES string of the molecule is O=C(NC1CCCC(O)C1)c1cn(C2CCNCC2)nn1. The third-order valence-corrected chi connectivity index (χ3v) is 4.41. The molecule has 0 radical (unpaired) electrons. The van der Waals surface area contributed by atoms with Crippen LogP contribution < -0.4 is 10.6 Å². The highest BCUT2D eigenvalue weighted by molar-refractivity contribution is 5.92. The second-order valence-electron chi connectivity index (χ2n) is 6.06. The maximum atomic E-state index is 12.2. The summed E-state index contributed by atoms with van der Waals surface area (Å²) in [4.78, 5) is 12.2. The van der Waals surface area contributed by atoms with E-state index in [1.54, 1.807) is 6.20 Å². The molecular weight excluding hydrogens is 270 g/mol. The predicted octanol–water partition coefficient (Wildman–Crippen LogP) is 0.236. The fourth-order valence-corrected chi connectivity index (χ4v) is 3.18. The number of aliphatic hydroxyl groups is 1. The molecule has 2 aliphatic rings. The summed E-state index contributed by atoms with van der Waals surface area (Å²) in [5.74, 6) is -0.186. The molecule has 2 heterocycles. The van der Waals surface area contributed by atoms with Gasteiger partial charge in [-0.15, -0.1) is 5.10 Å². The Kier molecular flexibility index (Phi) is 4.50.